The molecule has 1 N–H and O–H groups in total. The molecule has 2 aliphatic carbocycles. The summed E-state index contributed by atoms with van der Waals surface area (Å²) in [4.78, 5) is 13.3. The third kappa shape index (κ3) is 2.92. The summed E-state index contributed by atoms with van der Waals surface area (Å²) < 4.78 is 2.22. The van der Waals surface area contributed by atoms with Crippen molar-refractivity contribution in [2.75, 3.05) is 0 Å². The monoisotopic (exact) mass is 334 g/mol. The highest BCUT2D eigenvalue weighted by Gasteiger charge is 2.32. The van der Waals surface area contributed by atoms with Gasteiger partial charge < -0.3 is 5.32 Å². The smallest absolute Gasteiger partial charge is 0.233 e. The molecule has 22 heavy (non-hydrogen) atoms. The zero-order valence-electron chi connectivity index (χ0n) is 12.4. The Kier molecular flexibility index (Phi) is 3.69. The van der Waals surface area contributed by atoms with E-state index in [0.29, 0.717) is 12.1 Å². The molecule has 2 aliphatic rings. The summed E-state index contributed by atoms with van der Waals surface area (Å²) in [7, 11) is 0. The van der Waals surface area contributed by atoms with Crippen LogP contribution in [-0.4, -0.2) is 32.0 Å². The van der Waals surface area contributed by atoms with Gasteiger partial charge in [0.1, 0.15) is 0 Å². The van der Waals surface area contributed by atoms with Crippen LogP contribution in [0.5, 0.6) is 0 Å². The van der Waals surface area contributed by atoms with Gasteiger partial charge in [-0.2, -0.15) is 0 Å². The average Bonchev–Trinajstić information content (AvgIpc) is 3.41. The molecule has 2 aromatic heterocycles. The van der Waals surface area contributed by atoms with Crippen molar-refractivity contribution in [2.24, 2.45) is 0 Å². The lowest BCUT2D eigenvalue weighted by Crippen LogP contribution is -2.32. The molecule has 0 saturated heterocycles. The SMILES string of the molecule is C[C@@H](Sc1nnc(-c2cccs2)n1C1CC1)C(=O)NC1CC1. The van der Waals surface area contributed by atoms with Gasteiger partial charge in [-0.15, -0.1) is 21.5 Å². The molecular formula is C15H18N4OS2. The van der Waals surface area contributed by atoms with Crippen LogP contribution in [0, 0.1) is 0 Å². The van der Waals surface area contributed by atoms with Crippen molar-refractivity contribution in [1.29, 1.82) is 0 Å². The molecule has 0 bridgehead atoms. The molecule has 0 aliphatic heterocycles. The molecule has 0 spiro atoms. The van der Waals surface area contributed by atoms with Crippen molar-refractivity contribution in [3.8, 4) is 10.7 Å². The maximum atomic E-state index is 12.1. The summed E-state index contributed by atoms with van der Waals surface area (Å²) in [6.45, 7) is 1.94. The first-order valence-corrected chi connectivity index (χ1v) is 9.44. The lowest BCUT2D eigenvalue weighted by Gasteiger charge is -2.12. The number of nitrogens with one attached hydrogen (secondary N) is 1. The van der Waals surface area contributed by atoms with E-state index in [4.69, 9.17) is 0 Å². The third-order valence-electron chi connectivity index (χ3n) is 3.89. The summed E-state index contributed by atoms with van der Waals surface area (Å²) >= 11 is 3.20. The molecule has 2 aromatic rings. The first kappa shape index (κ1) is 14.3. The molecular weight excluding hydrogens is 316 g/mol. The number of carbonyl (C=O) groups is 1. The minimum atomic E-state index is -0.140. The van der Waals surface area contributed by atoms with Crippen LogP contribution in [-0.2, 0) is 4.79 Å². The highest BCUT2D eigenvalue weighted by Crippen LogP contribution is 2.42. The van der Waals surface area contributed by atoms with E-state index in [1.54, 1.807) is 11.3 Å². The Morgan fingerprint density at radius 3 is 2.86 bits per heavy atom. The largest absolute Gasteiger partial charge is 0.352 e. The van der Waals surface area contributed by atoms with E-state index >= 15 is 0 Å². The molecule has 1 atom stereocenters. The molecule has 0 aromatic carbocycles. The van der Waals surface area contributed by atoms with Crippen LogP contribution < -0.4 is 5.32 Å². The molecule has 5 nitrogen and oxygen atoms in total. The van der Waals surface area contributed by atoms with E-state index in [-0.39, 0.29) is 11.2 Å². The molecule has 1 amide bonds. The Balaban J connectivity index is 1.55. The second-order valence-corrected chi connectivity index (χ2v) is 8.18. The Morgan fingerprint density at radius 2 is 2.23 bits per heavy atom. The summed E-state index contributed by atoms with van der Waals surface area (Å²) in [5.74, 6) is 1.05. The van der Waals surface area contributed by atoms with Gasteiger partial charge in [-0.25, -0.2) is 0 Å². The summed E-state index contributed by atoms with van der Waals surface area (Å²) in [5.41, 5.74) is 0. The Bertz CT molecular complexity index is 674. The second kappa shape index (κ2) is 5.70. The zero-order chi connectivity index (χ0) is 15.1. The molecule has 0 radical (unpaired) electrons. The predicted molar refractivity (Wildman–Crippen MR) is 88.1 cm³/mol. The standard InChI is InChI=1S/C15H18N4OS2/c1-9(14(20)16-10-4-5-10)22-15-18-17-13(12-3-2-8-21-12)19(15)11-6-7-11/h2-3,8-11H,4-7H2,1H3,(H,16,20)/t9-/m1/s1. The quantitative estimate of drug-likeness (QED) is 0.825. The number of hydrogen-bond acceptors (Lipinski definition) is 5. The number of rotatable bonds is 6. The van der Waals surface area contributed by atoms with Gasteiger partial charge in [0.15, 0.2) is 11.0 Å². The van der Waals surface area contributed by atoms with Gasteiger partial charge in [-0.1, -0.05) is 17.8 Å². The number of thiophene rings is 1. The van der Waals surface area contributed by atoms with Gasteiger partial charge >= 0.3 is 0 Å². The van der Waals surface area contributed by atoms with Gasteiger partial charge in [0.25, 0.3) is 0 Å². The number of thioether (sulfide) groups is 1. The lowest BCUT2D eigenvalue weighted by molar-refractivity contribution is -0.120. The molecule has 7 heteroatoms. The first-order chi connectivity index (χ1) is 10.7. The van der Waals surface area contributed by atoms with Gasteiger partial charge in [0.2, 0.25) is 5.91 Å². The van der Waals surface area contributed by atoms with Crippen LogP contribution >= 0.6 is 23.1 Å². The van der Waals surface area contributed by atoms with E-state index < -0.39 is 0 Å². The van der Waals surface area contributed by atoms with Crippen LogP contribution in [0.1, 0.15) is 38.6 Å². The highest BCUT2D eigenvalue weighted by atomic mass is 32.2. The Labute approximate surface area is 137 Å². The molecule has 0 unspecified atom stereocenters. The van der Waals surface area contributed by atoms with Gasteiger partial charge in [-0.05, 0) is 44.1 Å². The Morgan fingerprint density at radius 1 is 1.41 bits per heavy atom. The van der Waals surface area contributed by atoms with Gasteiger partial charge in [0, 0.05) is 12.1 Å². The van der Waals surface area contributed by atoms with Gasteiger partial charge in [-0.3, -0.25) is 9.36 Å². The van der Waals surface area contributed by atoms with E-state index in [0.717, 1.165) is 28.7 Å². The van der Waals surface area contributed by atoms with Crippen molar-refractivity contribution in [1.82, 2.24) is 20.1 Å². The van der Waals surface area contributed by atoms with Crippen molar-refractivity contribution in [3.63, 3.8) is 0 Å². The number of amides is 1. The fourth-order valence-corrected chi connectivity index (χ4v) is 3.98. The number of hydrogen-bond donors (Lipinski definition) is 1. The molecule has 2 saturated carbocycles. The lowest BCUT2D eigenvalue weighted by atomic mass is 10.4. The fourth-order valence-electron chi connectivity index (χ4n) is 2.35. The van der Waals surface area contributed by atoms with Crippen molar-refractivity contribution < 1.29 is 4.79 Å². The number of aromatic nitrogens is 3. The van der Waals surface area contributed by atoms with Crippen LogP contribution in [0.2, 0.25) is 0 Å². The van der Waals surface area contributed by atoms with E-state index in [1.807, 2.05) is 13.0 Å². The topological polar surface area (TPSA) is 59.8 Å². The minimum Gasteiger partial charge on any atom is -0.352 e. The predicted octanol–water partition coefficient (Wildman–Crippen LogP) is 3.10. The summed E-state index contributed by atoms with van der Waals surface area (Å²) in [6.07, 6.45) is 4.58. The van der Waals surface area contributed by atoms with Crippen molar-refractivity contribution >= 4 is 29.0 Å². The number of nitrogens with zero attached hydrogens (tertiary/aromatic N) is 3. The van der Waals surface area contributed by atoms with E-state index in [2.05, 4.69) is 31.5 Å². The summed E-state index contributed by atoms with van der Waals surface area (Å²) in [6, 6.07) is 5.00. The van der Waals surface area contributed by atoms with Crippen LogP contribution in [0.15, 0.2) is 22.7 Å². The first-order valence-electron chi connectivity index (χ1n) is 7.68. The van der Waals surface area contributed by atoms with Crippen molar-refractivity contribution in [3.05, 3.63) is 17.5 Å². The Hall–Kier alpha value is -1.34. The van der Waals surface area contributed by atoms with E-state index in [1.165, 1.54) is 24.6 Å². The second-order valence-electron chi connectivity index (χ2n) is 5.93. The third-order valence-corrected chi connectivity index (χ3v) is 5.82. The molecule has 2 heterocycles. The van der Waals surface area contributed by atoms with Crippen LogP contribution in [0.3, 0.4) is 0 Å². The normalized spacial score (nSPS) is 19.1. The molecule has 116 valence electrons. The maximum Gasteiger partial charge on any atom is 0.233 e. The zero-order valence-corrected chi connectivity index (χ0v) is 14.0. The molecule has 4 rings (SSSR count). The van der Waals surface area contributed by atoms with Crippen LogP contribution in [0.25, 0.3) is 10.7 Å². The highest BCUT2D eigenvalue weighted by molar-refractivity contribution is 8.00. The molecule has 2 fully saturated rings. The summed E-state index contributed by atoms with van der Waals surface area (Å²) in [5, 5.41) is 14.6. The average molecular weight is 334 g/mol. The van der Waals surface area contributed by atoms with Crippen molar-refractivity contribution in [2.45, 2.75) is 55.1 Å². The van der Waals surface area contributed by atoms with Gasteiger partial charge in [0.05, 0.1) is 10.1 Å². The maximum absolute atomic E-state index is 12.1. The number of carbonyl (C=O) groups excluding carboxylic acids is 1. The fraction of sp³-hybridized carbons (Fsp3) is 0.533. The van der Waals surface area contributed by atoms with Crippen LogP contribution in [0.4, 0.5) is 0 Å². The minimum absolute atomic E-state index is 0.107. The van der Waals surface area contributed by atoms with E-state index in [9.17, 15) is 4.79 Å².